The van der Waals surface area contributed by atoms with E-state index in [0.717, 1.165) is 11.9 Å². The van der Waals surface area contributed by atoms with Crippen LogP contribution in [0.2, 0.25) is 0 Å². The first kappa shape index (κ1) is 14.9. The highest BCUT2D eigenvalue weighted by Crippen LogP contribution is 2.20. The fraction of sp³-hybridized carbons (Fsp3) is 0.438. The third-order valence-corrected chi connectivity index (χ3v) is 3.35. The second-order valence-electron chi connectivity index (χ2n) is 4.70. The lowest BCUT2D eigenvalue weighted by atomic mass is 10.0. The Morgan fingerprint density at radius 2 is 2.05 bits per heavy atom. The molecule has 4 nitrogen and oxygen atoms in total. The van der Waals surface area contributed by atoms with E-state index in [0.29, 0.717) is 19.8 Å². The number of fused-ring (bicyclic) bond motifs is 1. The zero-order valence-corrected chi connectivity index (χ0v) is 12.1. The molecular formula is C16H22N2O2. The maximum absolute atomic E-state index is 5.53. The topological polar surface area (TPSA) is 43.4 Å². The van der Waals surface area contributed by atoms with Crippen LogP contribution in [-0.4, -0.2) is 39.0 Å². The van der Waals surface area contributed by atoms with E-state index < -0.39 is 0 Å². The van der Waals surface area contributed by atoms with Crippen LogP contribution in [0.15, 0.2) is 36.5 Å². The molecule has 0 radical (unpaired) electrons. The third kappa shape index (κ3) is 4.00. The summed E-state index contributed by atoms with van der Waals surface area (Å²) in [4.78, 5) is 4.51. The van der Waals surface area contributed by atoms with Crippen molar-refractivity contribution in [3.05, 3.63) is 42.1 Å². The molecule has 1 N–H and O–H groups in total. The summed E-state index contributed by atoms with van der Waals surface area (Å²) in [6.45, 7) is 1.99. The van der Waals surface area contributed by atoms with Crippen molar-refractivity contribution in [3.8, 4) is 0 Å². The lowest BCUT2D eigenvalue weighted by Gasteiger charge is -2.17. The highest BCUT2D eigenvalue weighted by molar-refractivity contribution is 5.78. The van der Waals surface area contributed by atoms with Gasteiger partial charge in [0.05, 0.1) is 18.7 Å². The molecule has 0 fully saturated rings. The molecule has 1 aromatic heterocycles. The molecule has 0 saturated carbocycles. The van der Waals surface area contributed by atoms with Crippen LogP contribution < -0.4 is 5.32 Å². The van der Waals surface area contributed by atoms with Gasteiger partial charge in [-0.3, -0.25) is 4.98 Å². The Kier molecular flexibility index (Phi) is 5.92. The van der Waals surface area contributed by atoms with Crippen molar-refractivity contribution in [2.75, 3.05) is 34.0 Å². The van der Waals surface area contributed by atoms with Crippen LogP contribution in [0, 0.1) is 0 Å². The zero-order chi connectivity index (χ0) is 14.2. The highest BCUT2D eigenvalue weighted by Gasteiger charge is 2.10. The van der Waals surface area contributed by atoms with E-state index in [4.69, 9.17) is 9.47 Å². The van der Waals surface area contributed by atoms with E-state index in [1.54, 1.807) is 7.11 Å². The Labute approximate surface area is 120 Å². The summed E-state index contributed by atoms with van der Waals surface area (Å²) in [5, 5.41) is 4.49. The smallest absolute Gasteiger partial charge is 0.0702 e. The number of hydrogen-bond donors (Lipinski definition) is 1. The molecule has 4 heteroatoms. The molecule has 108 valence electrons. The van der Waals surface area contributed by atoms with Gasteiger partial charge in [-0.05, 0) is 31.2 Å². The minimum absolute atomic E-state index is 0.259. The number of pyridine rings is 1. The van der Waals surface area contributed by atoms with Crippen molar-refractivity contribution in [3.63, 3.8) is 0 Å². The number of para-hydroxylation sites is 1. The Hall–Kier alpha value is -1.49. The standard InChI is InChI=1S/C16H22N2O2/c1-17-15(7-8-20-10-9-19-2)14-11-13-5-3-4-6-16(13)18-12-14/h3-6,11-12,15,17H,7-10H2,1-2H3. The number of hydrogen-bond acceptors (Lipinski definition) is 4. The first-order valence-electron chi connectivity index (χ1n) is 6.94. The molecular weight excluding hydrogens is 252 g/mol. The molecule has 0 spiro atoms. The number of rotatable bonds is 8. The SMILES string of the molecule is CNC(CCOCCOC)c1cnc2ccccc2c1. The Bertz CT molecular complexity index is 531. The molecule has 20 heavy (non-hydrogen) atoms. The Balaban J connectivity index is 1.98. The summed E-state index contributed by atoms with van der Waals surface area (Å²) in [5.74, 6) is 0. The van der Waals surface area contributed by atoms with E-state index >= 15 is 0 Å². The van der Waals surface area contributed by atoms with E-state index in [1.165, 1.54) is 10.9 Å². The first-order chi connectivity index (χ1) is 9.85. The van der Waals surface area contributed by atoms with Crippen molar-refractivity contribution in [1.82, 2.24) is 10.3 Å². The molecule has 1 unspecified atom stereocenters. The van der Waals surface area contributed by atoms with Crippen LogP contribution in [0.5, 0.6) is 0 Å². The lowest BCUT2D eigenvalue weighted by Crippen LogP contribution is -2.19. The fourth-order valence-electron chi connectivity index (χ4n) is 2.20. The molecule has 0 aliphatic rings. The lowest BCUT2D eigenvalue weighted by molar-refractivity contribution is 0.0661. The van der Waals surface area contributed by atoms with E-state index in [1.807, 2.05) is 31.4 Å². The molecule has 0 amide bonds. The molecule has 1 heterocycles. The van der Waals surface area contributed by atoms with Crippen molar-refractivity contribution in [2.45, 2.75) is 12.5 Å². The summed E-state index contributed by atoms with van der Waals surface area (Å²) in [5.41, 5.74) is 2.23. The quantitative estimate of drug-likeness (QED) is 0.751. The molecule has 2 aromatic rings. The molecule has 0 bridgehead atoms. The van der Waals surface area contributed by atoms with Gasteiger partial charge in [0.15, 0.2) is 0 Å². The van der Waals surface area contributed by atoms with E-state index in [-0.39, 0.29) is 6.04 Å². The van der Waals surface area contributed by atoms with Crippen LogP contribution in [0.25, 0.3) is 10.9 Å². The minimum Gasteiger partial charge on any atom is -0.382 e. The summed E-state index contributed by atoms with van der Waals surface area (Å²) in [6, 6.07) is 10.6. The van der Waals surface area contributed by atoms with Crippen LogP contribution in [0.4, 0.5) is 0 Å². The molecule has 2 rings (SSSR count). The number of benzene rings is 1. The summed E-state index contributed by atoms with van der Waals surface area (Å²) < 4.78 is 10.5. The summed E-state index contributed by atoms with van der Waals surface area (Å²) in [6.07, 6.45) is 2.86. The van der Waals surface area contributed by atoms with Gasteiger partial charge >= 0.3 is 0 Å². The minimum atomic E-state index is 0.259. The van der Waals surface area contributed by atoms with E-state index in [9.17, 15) is 0 Å². The van der Waals surface area contributed by atoms with Crippen LogP contribution in [-0.2, 0) is 9.47 Å². The van der Waals surface area contributed by atoms with Gasteiger partial charge in [-0.2, -0.15) is 0 Å². The average Bonchev–Trinajstić information content (AvgIpc) is 2.50. The van der Waals surface area contributed by atoms with Gasteiger partial charge in [-0.15, -0.1) is 0 Å². The van der Waals surface area contributed by atoms with Crippen molar-refractivity contribution in [1.29, 1.82) is 0 Å². The van der Waals surface area contributed by atoms with Gasteiger partial charge in [0, 0.05) is 31.3 Å². The largest absolute Gasteiger partial charge is 0.382 e. The Morgan fingerprint density at radius 1 is 1.20 bits per heavy atom. The maximum atomic E-state index is 5.53. The van der Waals surface area contributed by atoms with Gasteiger partial charge in [0.25, 0.3) is 0 Å². The highest BCUT2D eigenvalue weighted by atomic mass is 16.5. The van der Waals surface area contributed by atoms with Crippen LogP contribution >= 0.6 is 0 Å². The normalized spacial score (nSPS) is 12.7. The van der Waals surface area contributed by atoms with Gasteiger partial charge in [-0.25, -0.2) is 0 Å². The summed E-state index contributed by atoms with van der Waals surface area (Å²) >= 11 is 0. The zero-order valence-electron chi connectivity index (χ0n) is 12.1. The van der Waals surface area contributed by atoms with Gasteiger partial charge < -0.3 is 14.8 Å². The number of ether oxygens (including phenoxy) is 2. The second-order valence-corrected chi connectivity index (χ2v) is 4.70. The number of nitrogens with one attached hydrogen (secondary N) is 1. The maximum Gasteiger partial charge on any atom is 0.0702 e. The predicted octanol–water partition coefficient (Wildman–Crippen LogP) is 2.55. The van der Waals surface area contributed by atoms with Gasteiger partial charge in [-0.1, -0.05) is 18.2 Å². The van der Waals surface area contributed by atoms with Crippen molar-refractivity contribution < 1.29 is 9.47 Å². The second kappa shape index (κ2) is 7.94. The molecule has 0 saturated heterocycles. The molecule has 1 atom stereocenters. The van der Waals surface area contributed by atoms with Gasteiger partial charge in [0.2, 0.25) is 0 Å². The van der Waals surface area contributed by atoms with Crippen molar-refractivity contribution in [2.24, 2.45) is 0 Å². The Morgan fingerprint density at radius 3 is 2.85 bits per heavy atom. The molecule has 1 aromatic carbocycles. The van der Waals surface area contributed by atoms with Crippen LogP contribution in [0.3, 0.4) is 0 Å². The number of methoxy groups -OCH3 is 1. The average molecular weight is 274 g/mol. The molecule has 0 aliphatic carbocycles. The van der Waals surface area contributed by atoms with Crippen molar-refractivity contribution >= 4 is 10.9 Å². The molecule has 0 aliphatic heterocycles. The first-order valence-corrected chi connectivity index (χ1v) is 6.94. The monoisotopic (exact) mass is 274 g/mol. The fourth-order valence-corrected chi connectivity index (χ4v) is 2.20. The van der Waals surface area contributed by atoms with Crippen LogP contribution in [0.1, 0.15) is 18.0 Å². The predicted molar refractivity (Wildman–Crippen MR) is 80.9 cm³/mol. The third-order valence-electron chi connectivity index (χ3n) is 3.35. The van der Waals surface area contributed by atoms with Gasteiger partial charge in [0.1, 0.15) is 0 Å². The summed E-state index contributed by atoms with van der Waals surface area (Å²) in [7, 11) is 3.65. The number of nitrogens with zero attached hydrogens (tertiary/aromatic N) is 1. The van der Waals surface area contributed by atoms with E-state index in [2.05, 4.69) is 22.4 Å². The number of aromatic nitrogens is 1.